The van der Waals surface area contributed by atoms with Gasteiger partial charge in [-0.25, -0.2) is 4.57 Å². The van der Waals surface area contributed by atoms with Crippen LogP contribution >= 0.6 is 7.82 Å². The van der Waals surface area contributed by atoms with Gasteiger partial charge in [0.15, 0.2) is 0 Å². The third-order valence-corrected chi connectivity index (χ3v) is 6.58. The number of nitrogens with two attached hydrogens (primary N) is 1. The summed E-state index contributed by atoms with van der Waals surface area (Å²) in [5.74, 6) is -3.39. The fourth-order valence-electron chi connectivity index (χ4n) is 3.75. The maximum atomic E-state index is 13.3. The maximum absolute atomic E-state index is 13.3. The predicted octanol–water partition coefficient (Wildman–Crippen LogP) is 0.259. The van der Waals surface area contributed by atoms with Crippen LogP contribution < -0.4 is 31.5 Å². The van der Waals surface area contributed by atoms with Crippen LogP contribution in [-0.2, 0) is 35.0 Å². The molecule has 230 valence electrons. The van der Waals surface area contributed by atoms with Crippen molar-refractivity contribution < 1.29 is 42.8 Å². The van der Waals surface area contributed by atoms with Gasteiger partial charge < -0.3 is 31.5 Å². The van der Waals surface area contributed by atoms with E-state index in [4.69, 9.17) is 15.5 Å². The van der Waals surface area contributed by atoms with Crippen molar-refractivity contribution in [3.05, 3.63) is 29.8 Å². The number of rotatable bonds is 17. The van der Waals surface area contributed by atoms with Crippen molar-refractivity contribution in [3.63, 3.8) is 0 Å². The van der Waals surface area contributed by atoms with Crippen molar-refractivity contribution in [3.8, 4) is 5.75 Å². The topological polar surface area (TPSA) is 226 Å². The molecule has 41 heavy (non-hydrogen) atoms. The Morgan fingerprint density at radius 2 is 1.54 bits per heavy atom. The van der Waals surface area contributed by atoms with Crippen molar-refractivity contribution in [2.75, 3.05) is 6.54 Å². The molecule has 1 rings (SSSR count). The first-order valence-electron chi connectivity index (χ1n) is 13.3. The van der Waals surface area contributed by atoms with Crippen LogP contribution in [0.25, 0.3) is 0 Å². The molecule has 14 nitrogen and oxygen atoms in total. The smallest absolute Gasteiger partial charge is 0.404 e. The minimum Gasteiger partial charge on any atom is -0.404 e. The molecular formula is C26H42N5O9P. The molecule has 0 spiro atoms. The highest BCUT2D eigenvalue weighted by atomic mass is 31.2. The standard InChI is InChI=1S/C26H42N5O9P/c1-6-16(4)23(26(36)30-21(14-22(27)33)24(34)28-12-11-15(2)3)31-25(35)20(29-17(5)32)13-18-7-9-19(10-8-18)40-41(37,38)39/h7-10,15-16,20-21,23H,6,11-14H2,1-5H3,(H2,27,33)(H,28,34)(H,29,32)(H,30,36)(H,31,35)(H2,37,38,39)/t16-,20-,21-,23-/m0/s1. The molecule has 0 heterocycles. The van der Waals surface area contributed by atoms with Crippen LogP contribution in [0.5, 0.6) is 5.75 Å². The molecule has 4 atom stereocenters. The molecule has 0 aliphatic rings. The quantitative estimate of drug-likeness (QED) is 0.122. The lowest BCUT2D eigenvalue weighted by Crippen LogP contribution is -2.59. The van der Waals surface area contributed by atoms with Crippen LogP contribution in [0.4, 0.5) is 0 Å². The molecule has 0 aliphatic heterocycles. The summed E-state index contributed by atoms with van der Waals surface area (Å²) in [7, 11) is -4.75. The average Bonchev–Trinajstić information content (AvgIpc) is 2.85. The van der Waals surface area contributed by atoms with Gasteiger partial charge >= 0.3 is 7.82 Å². The second-order valence-electron chi connectivity index (χ2n) is 10.3. The van der Waals surface area contributed by atoms with Crippen molar-refractivity contribution in [1.29, 1.82) is 0 Å². The summed E-state index contributed by atoms with van der Waals surface area (Å²) in [6.45, 7) is 9.07. The van der Waals surface area contributed by atoms with Crippen LogP contribution in [0.3, 0.4) is 0 Å². The maximum Gasteiger partial charge on any atom is 0.524 e. The molecule has 0 saturated heterocycles. The number of amides is 5. The molecule has 5 amide bonds. The molecule has 1 aromatic carbocycles. The van der Waals surface area contributed by atoms with E-state index in [0.29, 0.717) is 30.9 Å². The van der Waals surface area contributed by atoms with Gasteiger partial charge in [0.1, 0.15) is 23.9 Å². The Labute approximate surface area is 239 Å². The van der Waals surface area contributed by atoms with E-state index in [-0.39, 0.29) is 18.1 Å². The third-order valence-electron chi connectivity index (χ3n) is 6.13. The Hall–Kier alpha value is -3.48. The summed E-state index contributed by atoms with van der Waals surface area (Å²) in [6, 6.07) is 2.09. The largest absolute Gasteiger partial charge is 0.524 e. The SMILES string of the molecule is CC[C@H](C)[C@H](NC(=O)[C@H](Cc1ccc(OP(=O)(O)O)cc1)NC(C)=O)C(=O)N[C@@H](CC(N)=O)C(=O)NCCC(C)C. The Balaban J connectivity index is 3.08. The summed E-state index contributed by atoms with van der Waals surface area (Å²) in [6.07, 6.45) is 0.722. The van der Waals surface area contributed by atoms with Crippen LogP contribution in [0.15, 0.2) is 24.3 Å². The summed E-state index contributed by atoms with van der Waals surface area (Å²) in [4.78, 5) is 80.6. The van der Waals surface area contributed by atoms with Crippen LogP contribution in [0.2, 0.25) is 0 Å². The minimum absolute atomic E-state index is 0.0149. The van der Waals surface area contributed by atoms with Gasteiger partial charge in [0, 0.05) is 19.9 Å². The Bertz CT molecular complexity index is 1110. The van der Waals surface area contributed by atoms with Gasteiger partial charge in [-0.15, -0.1) is 0 Å². The summed E-state index contributed by atoms with van der Waals surface area (Å²) in [5.41, 5.74) is 5.83. The summed E-state index contributed by atoms with van der Waals surface area (Å²) >= 11 is 0. The number of nitrogens with one attached hydrogen (secondary N) is 4. The van der Waals surface area contributed by atoms with E-state index in [1.807, 2.05) is 20.8 Å². The zero-order valence-corrected chi connectivity index (χ0v) is 24.9. The van der Waals surface area contributed by atoms with Crippen LogP contribution in [-0.4, -0.2) is 64.0 Å². The van der Waals surface area contributed by atoms with Gasteiger partial charge in [-0.05, 0) is 36.0 Å². The number of phosphoric ester groups is 1. The van der Waals surface area contributed by atoms with E-state index in [1.54, 1.807) is 6.92 Å². The molecule has 0 unspecified atom stereocenters. The zero-order chi connectivity index (χ0) is 31.3. The second-order valence-corrected chi connectivity index (χ2v) is 11.4. The number of hydrogen-bond acceptors (Lipinski definition) is 7. The lowest BCUT2D eigenvalue weighted by molar-refractivity contribution is -0.135. The number of hydrogen-bond donors (Lipinski definition) is 7. The highest BCUT2D eigenvalue weighted by molar-refractivity contribution is 7.46. The number of phosphoric acid groups is 1. The first-order valence-corrected chi connectivity index (χ1v) is 14.8. The van der Waals surface area contributed by atoms with Crippen molar-refractivity contribution in [2.45, 2.75) is 78.4 Å². The lowest BCUT2D eigenvalue weighted by atomic mass is 9.96. The molecule has 0 aromatic heterocycles. The lowest BCUT2D eigenvalue weighted by Gasteiger charge is -2.28. The van der Waals surface area contributed by atoms with Crippen molar-refractivity contribution in [2.24, 2.45) is 17.6 Å². The monoisotopic (exact) mass is 599 g/mol. The molecule has 0 radical (unpaired) electrons. The van der Waals surface area contributed by atoms with E-state index >= 15 is 0 Å². The van der Waals surface area contributed by atoms with E-state index in [2.05, 4.69) is 25.8 Å². The molecule has 0 bridgehead atoms. The highest BCUT2D eigenvalue weighted by Gasteiger charge is 2.32. The van der Waals surface area contributed by atoms with E-state index in [0.717, 1.165) is 0 Å². The number of carbonyl (C=O) groups excluding carboxylic acids is 5. The Morgan fingerprint density at radius 3 is 2.02 bits per heavy atom. The van der Waals surface area contributed by atoms with E-state index in [9.17, 15) is 28.5 Å². The van der Waals surface area contributed by atoms with Crippen LogP contribution in [0.1, 0.15) is 59.4 Å². The summed E-state index contributed by atoms with van der Waals surface area (Å²) < 4.78 is 15.5. The predicted molar refractivity (Wildman–Crippen MR) is 150 cm³/mol. The van der Waals surface area contributed by atoms with Gasteiger partial charge in [0.2, 0.25) is 29.5 Å². The number of primary amides is 1. The van der Waals surface area contributed by atoms with E-state index < -0.39 is 61.9 Å². The molecule has 0 saturated carbocycles. The van der Waals surface area contributed by atoms with Crippen molar-refractivity contribution >= 4 is 37.4 Å². The highest BCUT2D eigenvalue weighted by Crippen LogP contribution is 2.37. The normalized spacial score (nSPS) is 14.2. The van der Waals surface area contributed by atoms with Crippen LogP contribution in [0, 0.1) is 11.8 Å². The molecule has 1 aromatic rings. The van der Waals surface area contributed by atoms with Crippen molar-refractivity contribution in [1.82, 2.24) is 21.3 Å². The minimum atomic E-state index is -4.75. The van der Waals surface area contributed by atoms with Gasteiger partial charge in [-0.2, -0.15) is 0 Å². The molecule has 15 heteroatoms. The number of carbonyl (C=O) groups is 5. The first-order chi connectivity index (χ1) is 19.0. The average molecular weight is 600 g/mol. The Kier molecular flexibility index (Phi) is 14.5. The fourth-order valence-corrected chi connectivity index (χ4v) is 4.15. The molecule has 0 fully saturated rings. The number of benzene rings is 1. The first kappa shape index (κ1) is 35.5. The fraction of sp³-hybridized carbons (Fsp3) is 0.577. The van der Waals surface area contributed by atoms with E-state index in [1.165, 1.54) is 31.2 Å². The van der Waals surface area contributed by atoms with Gasteiger partial charge in [-0.3, -0.25) is 33.8 Å². The third kappa shape index (κ3) is 14.1. The van der Waals surface area contributed by atoms with Gasteiger partial charge in [0.05, 0.1) is 6.42 Å². The molecule has 8 N–H and O–H groups in total. The van der Waals surface area contributed by atoms with Gasteiger partial charge in [0.25, 0.3) is 0 Å². The zero-order valence-electron chi connectivity index (χ0n) is 24.0. The van der Waals surface area contributed by atoms with Gasteiger partial charge in [-0.1, -0.05) is 46.2 Å². The molecular weight excluding hydrogens is 557 g/mol. The summed E-state index contributed by atoms with van der Waals surface area (Å²) in [5, 5.41) is 10.4. The Morgan fingerprint density at radius 1 is 0.927 bits per heavy atom. The molecule has 0 aliphatic carbocycles. The second kappa shape index (κ2) is 16.7.